The lowest BCUT2D eigenvalue weighted by molar-refractivity contribution is 0.0600. The molecule has 0 unspecified atom stereocenters. The average molecular weight is 328 g/mol. The lowest BCUT2D eigenvalue weighted by atomic mass is 10.1. The number of ketones is 1. The van der Waals surface area contributed by atoms with Crippen LogP contribution >= 0.6 is 0 Å². The predicted octanol–water partition coefficient (Wildman–Crippen LogP) is 3.65. The van der Waals surface area contributed by atoms with E-state index in [4.69, 9.17) is 14.2 Å². The number of hydrogen-bond donors (Lipinski definition) is 0. The molecule has 24 heavy (non-hydrogen) atoms. The van der Waals surface area contributed by atoms with Gasteiger partial charge in [0.15, 0.2) is 5.78 Å². The average Bonchev–Trinajstić information content (AvgIpc) is 2.60. The van der Waals surface area contributed by atoms with Crippen LogP contribution in [0.4, 0.5) is 0 Å². The third-order valence-corrected chi connectivity index (χ3v) is 3.42. The molecule has 0 saturated heterocycles. The maximum absolute atomic E-state index is 11.6. The highest BCUT2D eigenvalue weighted by molar-refractivity contribution is 5.94. The maximum Gasteiger partial charge on any atom is 0.337 e. The molecule has 0 amide bonds. The third kappa shape index (κ3) is 4.35. The standard InChI is InChI=1S/C19H20O5/c1-4-23-18-9-8-14(13(2)20)10-16(18)12-24-17-7-5-6-15(11-17)19(21)22-3/h5-11H,4,12H2,1-3H3. The Balaban J connectivity index is 2.20. The SMILES string of the molecule is CCOc1ccc(C(C)=O)cc1COc1cccc(C(=O)OC)c1. The van der Waals surface area contributed by atoms with Gasteiger partial charge in [0.1, 0.15) is 18.1 Å². The largest absolute Gasteiger partial charge is 0.493 e. The smallest absolute Gasteiger partial charge is 0.337 e. The van der Waals surface area contributed by atoms with E-state index in [1.807, 2.05) is 6.92 Å². The van der Waals surface area contributed by atoms with Crippen molar-refractivity contribution in [1.29, 1.82) is 0 Å². The van der Waals surface area contributed by atoms with E-state index >= 15 is 0 Å². The van der Waals surface area contributed by atoms with Gasteiger partial charge in [0.2, 0.25) is 0 Å². The molecule has 0 N–H and O–H groups in total. The Kier molecular flexibility index (Phi) is 5.95. The van der Waals surface area contributed by atoms with Crippen molar-refractivity contribution in [3.8, 4) is 11.5 Å². The molecule has 5 heteroatoms. The molecule has 0 aliphatic heterocycles. The molecule has 0 fully saturated rings. The molecule has 0 aliphatic carbocycles. The van der Waals surface area contributed by atoms with Crippen molar-refractivity contribution in [2.24, 2.45) is 0 Å². The molecule has 0 aliphatic rings. The summed E-state index contributed by atoms with van der Waals surface area (Å²) in [6.07, 6.45) is 0. The van der Waals surface area contributed by atoms with Crippen LogP contribution in [-0.4, -0.2) is 25.5 Å². The number of carbonyl (C=O) groups is 2. The van der Waals surface area contributed by atoms with Crippen LogP contribution in [0.2, 0.25) is 0 Å². The molecule has 0 atom stereocenters. The predicted molar refractivity (Wildman–Crippen MR) is 89.7 cm³/mol. The number of rotatable bonds is 7. The summed E-state index contributed by atoms with van der Waals surface area (Å²) in [6, 6.07) is 12.0. The first-order chi connectivity index (χ1) is 11.5. The fourth-order valence-corrected chi connectivity index (χ4v) is 2.20. The van der Waals surface area contributed by atoms with Gasteiger partial charge < -0.3 is 14.2 Å². The minimum absolute atomic E-state index is 0.0213. The molecule has 0 spiro atoms. The highest BCUT2D eigenvalue weighted by atomic mass is 16.5. The van der Waals surface area contributed by atoms with Gasteiger partial charge in [-0.2, -0.15) is 0 Å². The number of esters is 1. The minimum Gasteiger partial charge on any atom is -0.493 e. The van der Waals surface area contributed by atoms with Crippen molar-refractivity contribution >= 4 is 11.8 Å². The molecule has 0 radical (unpaired) electrons. The number of benzene rings is 2. The summed E-state index contributed by atoms with van der Waals surface area (Å²) in [5.74, 6) is 0.765. The minimum atomic E-state index is -0.422. The van der Waals surface area contributed by atoms with Crippen molar-refractivity contribution in [3.05, 3.63) is 59.2 Å². The fraction of sp³-hybridized carbons (Fsp3) is 0.263. The van der Waals surface area contributed by atoms with Gasteiger partial charge in [-0.1, -0.05) is 6.07 Å². The van der Waals surface area contributed by atoms with E-state index in [0.717, 1.165) is 5.56 Å². The molecule has 2 aromatic carbocycles. The topological polar surface area (TPSA) is 61.8 Å². The Morgan fingerprint density at radius 1 is 1.00 bits per heavy atom. The van der Waals surface area contributed by atoms with Gasteiger partial charge in [0.25, 0.3) is 0 Å². The van der Waals surface area contributed by atoms with Gasteiger partial charge in [0, 0.05) is 11.1 Å². The lowest BCUT2D eigenvalue weighted by Crippen LogP contribution is -2.05. The number of ether oxygens (including phenoxy) is 3. The second-order valence-corrected chi connectivity index (χ2v) is 5.12. The van der Waals surface area contributed by atoms with Crippen molar-refractivity contribution in [2.75, 3.05) is 13.7 Å². The molecule has 0 saturated carbocycles. The van der Waals surface area contributed by atoms with Gasteiger partial charge in [-0.05, 0) is 50.2 Å². The molecule has 0 aromatic heterocycles. The van der Waals surface area contributed by atoms with Crippen molar-refractivity contribution in [2.45, 2.75) is 20.5 Å². The van der Waals surface area contributed by atoms with Gasteiger partial charge in [0.05, 0.1) is 19.3 Å². The molecule has 0 bridgehead atoms. The lowest BCUT2D eigenvalue weighted by Gasteiger charge is -2.13. The summed E-state index contributed by atoms with van der Waals surface area (Å²) in [7, 11) is 1.33. The first kappa shape index (κ1) is 17.5. The highest BCUT2D eigenvalue weighted by Gasteiger charge is 2.10. The molecule has 126 valence electrons. The summed E-state index contributed by atoms with van der Waals surface area (Å²) < 4.78 is 16.0. The normalized spacial score (nSPS) is 10.1. The van der Waals surface area contributed by atoms with Crippen LogP contribution in [0.1, 0.15) is 40.1 Å². The Labute approximate surface area is 141 Å². The van der Waals surface area contributed by atoms with E-state index < -0.39 is 5.97 Å². The van der Waals surface area contributed by atoms with Crippen molar-refractivity contribution in [3.63, 3.8) is 0 Å². The van der Waals surface area contributed by atoms with Crippen LogP contribution in [0.25, 0.3) is 0 Å². The van der Waals surface area contributed by atoms with Crippen LogP contribution in [0.5, 0.6) is 11.5 Å². The van der Waals surface area contributed by atoms with E-state index in [1.54, 1.807) is 42.5 Å². The Morgan fingerprint density at radius 2 is 1.79 bits per heavy atom. The van der Waals surface area contributed by atoms with E-state index in [-0.39, 0.29) is 12.4 Å². The molecular weight excluding hydrogens is 308 g/mol. The maximum atomic E-state index is 11.6. The highest BCUT2D eigenvalue weighted by Crippen LogP contribution is 2.23. The number of hydrogen-bond acceptors (Lipinski definition) is 5. The summed E-state index contributed by atoms with van der Waals surface area (Å²) in [4.78, 5) is 23.1. The van der Waals surface area contributed by atoms with E-state index in [0.29, 0.717) is 29.2 Å². The zero-order valence-electron chi connectivity index (χ0n) is 14.0. The van der Waals surface area contributed by atoms with E-state index in [9.17, 15) is 9.59 Å². The summed E-state index contributed by atoms with van der Waals surface area (Å²) in [5, 5.41) is 0. The second kappa shape index (κ2) is 8.15. The van der Waals surface area contributed by atoms with Crippen molar-refractivity contribution in [1.82, 2.24) is 0 Å². The molecule has 2 rings (SSSR count). The van der Waals surface area contributed by atoms with Gasteiger partial charge >= 0.3 is 5.97 Å². The van der Waals surface area contributed by atoms with E-state index in [1.165, 1.54) is 14.0 Å². The van der Waals surface area contributed by atoms with Gasteiger partial charge in [-0.3, -0.25) is 4.79 Å². The summed E-state index contributed by atoms with van der Waals surface area (Å²) in [6.45, 7) is 4.15. The molecular formula is C19H20O5. The monoisotopic (exact) mass is 328 g/mol. The zero-order chi connectivity index (χ0) is 17.5. The Bertz CT molecular complexity index is 736. The van der Waals surface area contributed by atoms with Crippen LogP contribution < -0.4 is 9.47 Å². The second-order valence-electron chi connectivity index (χ2n) is 5.12. The third-order valence-electron chi connectivity index (χ3n) is 3.42. The summed E-state index contributed by atoms with van der Waals surface area (Å²) in [5.41, 5.74) is 1.78. The first-order valence-electron chi connectivity index (χ1n) is 7.63. The fourth-order valence-electron chi connectivity index (χ4n) is 2.20. The molecule has 2 aromatic rings. The number of Topliss-reactive ketones (excluding diaryl/α,β-unsaturated/α-hetero) is 1. The van der Waals surface area contributed by atoms with Crippen molar-refractivity contribution < 1.29 is 23.8 Å². The first-order valence-corrected chi connectivity index (χ1v) is 7.63. The molecule has 5 nitrogen and oxygen atoms in total. The number of carbonyl (C=O) groups excluding carboxylic acids is 2. The van der Waals surface area contributed by atoms with Gasteiger partial charge in [-0.15, -0.1) is 0 Å². The quantitative estimate of drug-likeness (QED) is 0.573. The summed E-state index contributed by atoms with van der Waals surface area (Å²) >= 11 is 0. The Hall–Kier alpha value is -2.82. The molecule has 0 heterocycles. The van der Waals surface area contributed by atoms with Crippen LogP contribution in [0.15, 0.2) is 42.5 Å². The number of methoxy groups -OCH3 is 1. The van der Waals surface area contributed by atoms with Crippen LogP contribution in [-0.2, 0) is 11.3 Å². The van der Waals surface area contributed by atoms with E-state index in [2.05, 4.69) is 0 Å². The Morgan fingerprint density at radius 3 is 2.46 bits per heavy atom. The van der Waals surface area contributed by atoms with Crippen LogP contribution in [0.3, 0.4) is 0 Å². The van der Waals surface area contributed by atoms with Gasteiger partial charge in [-0.25, -0.2) is 4.79 Å². The van der Waals surface area contributed by atoms with Crippen LogP contribution in [0, 0.1) is 0 Å². The zero-order valence-corrected chi connectivity index (χ0v) is 14.0.